The summed E-state index contributed by atoms with van der Waals surface area (Å²) in [4.78, 5) is 25.3. The molecule has 114 valence electrons. The number of likely N-dealkylation sites (N-methyl/N-ethyl adjacent to an activating group) is 1. The third-order valence-corrected chi connectivity index (χ3v) is 3.68. The molecule has 2 rings (SSSR count). The van der Waals surface area contributed by atoms with Crippen molar-refractivity contribution in [2.45, 2.75) is 18.9 Å². The molecule has 21 heavy (non-hydrogen) atoms. The lowest BCUT2D eigenvalue weighted by Crippen LogP contribution is -2.39. The Bertz CT molecular complexity index is 550. The Hall–Kier alpha value is -1.46. The van der Waals surface area contributed by atoms with Crippen molar-refractivity contribution < 1.29 is 14.3 Å². The first-order valence-electron chi connectivity index (χ1n) is 6.50. The van der Waals surface area contributed by atoms with Gasteiger partial charge in [0.05, 0.1) is 23.7 Å². The molecule has 0 radical (unpaired) electrons. The van der Waals surface area contributed by atoms with Crippen molar-refractivity contribution in [3.05, 3.63) is 27.7 Å². The summed E-state index contributed by atoms with van der Waals surface area (Å²) in [6.45, 7) is -0.00337. The van der Waals surface area contributed by atoms with Crippen LogP contribution in [0, 0.1) is 0 Å². The maximum absolute atomic E-state index is 12.3. The van der Waals surface area contributed by atoms with Crippen molar-refractivity contribution >= 4 is 35.0 Å². The highest BCUT2D eigenvalue weighted by Crippen LogP contribution is 2.34. The van der Waals surface area contributed by atoms with E-state index in [1.165, 1.54) is 24.1 Å². The van der Waals surface area contributed by atoms with Crippen molar-refractivity contribution in [2.75, 3.05) is 20.7 Å². The maximum atomic E-state index is 12.3. The van der Waals surface area contributed by atoms with Gasteiger partial charge in [-0.2, -0.15) is 0 Å². The average Bonchev–Trinajstić information content (AvgIpc) is 3.21. The molecule has 0 aliphatic heterocycles. The molecule has 0 aromatic heterocycles. The number of methoxy groups -OCH3 is 1. The summed E-state index contributed by atoms with van der Waals surface area (Å²) in [6, 6.07) is 3.22. The van der Waals surface area contributed by atoms with Crippen molar-refractivity contribution in [1.29, 1.82) is 0 Å². The summed E-state index contributed by atoms with van der Waals surface area (Å²) in [5, 5.41) is 3.33. The Labute approximate surface area is 133 Å². The van der Waals surface area contributed by atoms with Crippen LogP contribution in [0.1, 0.15) is 23.2 Å². The molecule has 1 aromatic carbocycles. The van der Waals surface area contributed by atoms with Gasteiger partial charge in [0.1, 0.15) is 0 Å². The van der Waals surface area contributed by atoms with Crippen LogP contribution in [0.15, 0.2) is 12.1 Å². The highest BCUT2D eigenvalue weighted by molar-refractivity contribution is 6.37. The molecule has 1 saturated carbocycles. The molecule has 1 aliphatic carbocycles. The van der Waals surface area contributed by atoms with Gasteiger partial charge in [0.15, 0.2) is 5.75 Å². The van der Waals surface area contributed by atoms with Gasteiger partial charge in [-0.15, -0.1) is 0 Å². The van der Waals surface area contributed by atoms with Crippen LogP contribution >= 0.6 is 23.2 Å². The van der Waals surface area contributed by atoms with Gasteiger partial charge in [-0.05, 0) is 25.0 Å². The topological polar surface area (TPSA) is 58.6 Å². The Morgan fingerprint density at radius 3 is 2.38 bits per heavy atom. The van der Waals surface area contributed by atoms with E-state index in [-0.39, 0.29) is 34.4 Å². The molecule has 5 nitrogen and oxygen atoms in total. The second-order valence-electron chi connectivity index (χ2n) is 4.98. The summed E-state index contributed by atoms with van der Waals surface area (Å²) < 4.78 is 5.03. The number of carbonyl (C=O) groups is 2. The largest absolute Gasteiger partial charge is 0.494 e. The Morgan fingerprint density at radius 2 is 1.90 bits per heavy atom. The second kappa shape index (κ2) is 6.54. The van der Waals surface area contributed by atoms with E-state index in [0.29, 0.717) is 11.3 Å². The number of nitrogens with one attached hydrogen (secondary N) is 1. The first-order valence-corrected chi connectivity index (χ1v) is 7.25. The van der Waals surface area contributed by atoms with Crippen LogP contribution in [0.5, 0.6) is 5.75 Å². The van der Waals surface area contributed by atoms with E-state index in [2.05, 4.69) is 5.32 Å². The third kappa shape index (κ3) is 4.02. The summed E-state index contributed by atoms with van der Waals surface area (Å²) in [7, 11) is 3.00. The highest BCUT2D eigenvalue weighted by Gasteiger charge is 2.25. The molecule has 1 aliphatic rings. The number of amides is 2. The molecule has 7 heteroatoms. The molecule has 0 unspecified atom stereocenters. The number of carbonyl (C=O) groups excluding carboxylic acids is 2. The average molecular weight is 331 g/mol. The van der Waals surface area contributed by atoms with E-state index in [1.807, 2.05) is 0 Å². The number of halogens is 2. The Kier molecular flexibility index (Phi) is 4.96. The molecule has 1 fully saturated rings. The van der Waals surface area contributed by atoms with Crippen LogP contribution in [0.25, 0.3) is 0 Å². The SMILES string of the molecule is COc1c(Cl)cc(C(=O)N(C)CC(=O)NC2CC2)cc1Cl. The van der Waals surface area contributed by atoms with Crippen LogP contribution in [0.4, 0.5) is 0 Å². The standard InChI is InChI=1S/C14H16Cl2N2O3/c1-18(7-12(19)17-9-3-4-9)14(20)8-5-10(15)13(21-2)11(16)6-8/h5-6,9H,3-4,7H2,1-2H3,(H,17,19). The summed E-state index contributed by atoms with van der Waals surface area (Å²) in [5.74, 6) is -0.171. The van der Waals surface area contributed by atoms with Gasteiger partial charge >= 0.3 is 0 Å². The number of hydrogen-bond donors (Lipinski definition) is 1. The van der Waals surface area contributed by atoms with Crippen LogP contribution in [-0.2, 0) is 4.79 Å². The fourth-order valence-electron chi connectivity index (χ4n) is 1.89. The van der Waals surface area contributed by atoms with Crippen LogP contribution in [0.3, 0.4) is 0 Å². The quantitative estimate of drug-likeness (QED) is 0.901. The summed E-state index contributed by atoms with van der Waals surface area (Å²) >= 11 is 12.0. The molecular formula is C14H16Cl2N2O3. The minimum absolute atomic E-state index is 0.00337. The van der Waals surface area contributed by atoms with Gasteiger partial charge in [0, 0.05) is 18.7 Å². The van der Waals surface area contributed by atoms with E-state index in [1.54, 1.807) is 7.05 Å². The van der Waals surface area contributed by atoms with Crippen molar-refractivity contribution in [1.82, 2.24) is 10.2 Å². The first kappa shape index (κ1) is 15.9. The normalized spacial score (nSPS) is 13.7. The number of benzene rings is 1. The van der Waals surface area contributed by atoms with E-state index >= 15 is 0 Å². The number of hydrogen-bond acceptors (Lipinski definition) is 3. The zero-order valence-electron chi connectivity index (χ0n) is 11.8. The van der Waals surface area contributed by atoms with Crippen LogP contribution in [0.2, 0.25) is 10.0 Å². The van der Waals surface area contributed by atoms with E-state index in [0.717, 1.165) is 12.8 Å². The summed E-state index contributed by atoms with van der Waals surface area (Å²) in [6.07, 6.45) is 2.01. The van der Waals surface area contributed by atoms with Gasteiger partial charge in [-0.3, -0.25) is 9.59 Å². The van der Waals surface area contributed by atoms with Crippen LogP contribution in [-0.4, -0.2) is 43.5 Å². The number of ether oxygens (including phenoxy) is 1. The molecule has 0 bridgehead atoms. The molecule has 1 aromatic rings. The molecule has 0 atom stereocenters. The Morgan fingerprint density at radius 1 is 1.33 bits per heavy atom. The lowest BCUT2D eigenvalue weighted by Gasteiger charge is -2.17. The molecular weight excluding hydrogens is 315 g/mol. The minimum atomic E-state index is -0.326. The second-order valence-corrected chi connectivity index (χ2v) is 5.79. The lowest BCUT2D eigenvalue weighted by molar-refractivity contribution is -0.121. The number of rotatable bonds is 5. The van der Waals surface area contributed by atoms with Gasteiger partial charge in [-0.1, -0.05) is 23.2 Å². The van der Waals surface area contributed by atoms with E-state index < -0.39 is 0 Å². The van der Waals surface area contributed by atoms with E-state index in [9.17, 15) is 9.59 Å². The fourth-order valence-corrected chi connectivity index (χ4v) is 2.53. The lowest BCUT2D eigenvalue weighted by atomic mass is 10.2. The van der Waals surface area contributed by atoms with Gasteiger partial charge in [-0.25, -0.2) is 0 Å². The molecule has 2 amide bonds. The van der Waals surface area contributed by atoms with Crippen molar-refractivity contribution in [3.63, 3.8) is 0 Å². The van der Waals surface area contributed by atoms with Crippen LogP contribution < -0.4 is 10.1 Å². The van der Waals surface area contributed by atoms with Gasteiger partial charge in [0.2, 0.25) is 5.91 Å². The van der Waals surface area contributed by atoms with Gasteiger partial charge in [0.25, 0.3) is 5.91 Å². The highest BCUT2D eigenvalue weighted by atomic mass is 35.5. The van der Waals surface area contributed by atoms with Crippen molar-refractivity contribution in [2.24, 2.45) is 0 Å². The zero-order valence-corrected chi connectivity index (χ0v) is 13.3. The Balaban J connectivity index is 2.06. The van der Waals surface area contributed by atoms with Gasteiger partial charge < -0.3 is 15.0 Å². The predicted molar refractivity (Wildman–Crippen MR) is 81.1 cm³/mol. The molecule has 0 spiro atoms. The summed E-state index contributed by atoms with van der Waals surface area (Å²) in [5.41, 5.74) is 0.313. The first-order chi connectivity index (χ1) is 9.92. The predicted octanol–water partition coefficient (Wildman–Crippen LogP) is 2.35. The monoisotopic (exact) mass is 330 g/mol. The fraction of sp³-hybridized carbons (Fsp3) is 0.429. The maximum Gasteiger partial charge on any atom is 0.254 e. The zero-order chi connectivity index (χ0) is 15.6. The molecule has 1 N–H and O–H groups in total. The smallest absolute Gasteiger partial charge is 0.254 e. The number of nitrogens with zero attached hydrogens (tertiary/aromatic N) is 1. The molecule has 0 heterocycles. The van der Waals surface area contributed by atoms with Crippen molar-refractivity contribution in [3.8, 4) is 5.75 Å². The molecule has 0 saturated heterocycles. The minimum Gasteiger partial charge on any atom is -0.494 e. The van der Waals surface area contributed by atoms with E-state index in [4.69, 9.17) is 27.9 Å². The third-order valence-electron chi connectivity index (χ3n) is 3.12.